The van der Waals surface area contributed by atoms with Gasteiger partial charge in [0.25, 0.3) is 5.56 Å². The normalized spacial score (nSPS) is 26.9. The lowest BCUT2D eigenvalue weighted by Crippen LogP contribution is -2.31. The van der Waals surface area contributed by atoms with Crippen LogP contribution in [0, 0.1) is 0 Å². The van der Waals surface area contributed by atoms with Crippen molar-refractivity contribution >= 4 is 7.82 Å². The number of hydrogen-bond donors (Lipinski definition) is 4. The Hall–Kier alpha value is -1.29. The fraction of sp³-hybridized carbons (Fsp3) is 0.556. The van der Waals surface area contributed by atoms with Gasteiger partial charge >= 0.3 is 13.5 Å². The second-order valence-corrected chi connectivity index (χ2v) is 5.48. The molecule has 0 bridgehead atoms. The number of nitrogens with one attached hydrogen (secondary N) is 1. The second-order valence-electron chi connectivity index (χ2n) is 4.24. The summed E-state index contributed by atoms with van der Waals surface area (Å²) in [6.07, 6.45) is -1.64. The van der Waals surface area contributed by atoms with Gasteiger partial charge in [0.15, 0.2) is 0 Å². The van der Waals surface area contributed by atoms with E-state index in [0.29, 0.717) is 0 Å². The second kappa shape index (κ2) is 5.60. The monoisotopic (exact) mass is 308 g/mol. The molecule has 1 aromatic heterocycles. The highest BCUT2D eigenvalue weighted by Crippen LogP contribution is 2.37. The molecule has 1 aromatic rings. The molecule has 112 valence electrons. The Morgan fingerprint density at radius 2 is 2.20 bits per heavy atom. The Kier molecular flexibility index (Phi) is 4.23. The summed E-state index contributed by atoms with van der Waals surface area (Å²) in [6.45, 7) is -0.514. The van der Waals surface area contributed by atoms with E-state index in [2.05, 4.69) is 4.52 Å². The molecule has 2 heterocycles. The molecule has 0 radical (unpaired) electrons. The van der Waals surface area contributed by atoms with Crippen LogP contribution in [0.4, 0.5) is 0 Å². The summed E-state index contributed by atoms with van der Waals surface area (Å²) < 4.78 is 21.2. The minimum Gasteiger partial charge on any atom is -0.390 e. The predicted octanol–water partition coefficient (Wildman–Crippen LogP) is -1.71. The smallest absolute Gasteiger partial charge is 0.390 e. The predicted molar refractivity (Wildman–Crippen MR) is 63.9 cm³/mol. The molecule has 0 aromatic carbocycles. The van der Waals surface area contributed by atoms with Gasteiger partial charge in [0.05, 0.1) is 12.7 Å². The van der Waals surface area contributed by atoms with Crippen molar-refractivity contribution in [1.29, 1.82) is 0 Å². The number of ether oxygens (including phenoxy) is 1. The number of aromatic nitrogens is 2. The number of aromatic amines is 1. The van der Waals surface area contributed by atoms with Crippen LogP contribution in [-0.2, 0) is 13.8 Å². The molecule has 1 saturated heterocycles. The zero-order valence-electron chi connectivity index (χ0n) is 10.1. The van der Waals surface area contributed by atoms with E-state index in [1.165, 1.54) is 6.20 Å². The molecule has 10 nitrogen and oxygen atoms in total. The first-order chi connectivity index (χ1) is 9.26. The number of H-pyrrole nitrogens is 1. The first-order valence-electron chi connectivity index (χ1n) is 5.61. The van der Waals surface area contributed by atoms with E-state index < -0.39 is 44.1 Å². The maximum atomic E-state index is 11.5. The van der Waals surface area contributed by atoms with E-state index in [0.717, 1.165) is 10.6 Å². The fourth-order valence-corrected chi connectivity index (χ4v) is 2.20. The summed E-state index contributed by atoms with van der Waals surface area (Å²) in [4.78, 5) is 41.7. The van der Waals surface area contributed by atoms with Crippen LogP contribution in [0.3, 0.4) is 0 Å². The Balaban J connectivity index is 2.08. The van der Waals surface area contributed by atoms with Crippen molar-refractivity contribution in [3.05, 3.63) is 33.1 Å². The van der Waals surface area contributed by atoms with Gasteiger partial charge in [-0.2, -0.15) is 0 Å². The number of aliphatic hydroxyl groups is 1. The van der Waals surface area contributed by atoms with Crippen LogP contribution < -0.4 is 11.2 Å². The number of aliphatic hydroxyl groups excluding tert-OH is 1. The molecule has 0 saturated carbocycles. The molecular weight excluding hydrogens is 295 g/mol. The lowest BCUT2D eigenvalue weighted by molar-refractivity contribution is -0.0450. The van der Waals surface area contributed by atoms with Crippen LogP contribution in [0.1, 0.15) is 12.6 Å². The fourth-order valence-electron chi connectivity index (χ4n) is 1.86. The summed E-state index contributed by atoms with van der Waals surface area (Å²) >= 11 is 0. The van der Waals surface area contributed by atoms with E-state index in [1.807, 2.05) is 4.98 Å². The first-order valence-corrected chi connectivity index (χ1v) is 7.14. The van der Waals surface area contributed by atoms with E-state index in [-0.39, 0.29) is 6.42 Å². The standard InChI is InChI=1S/C9H13N2O8P/c12-5-3-8(11-2-1-7(13)10-9(11)14)19-6(5)4-18-20(15,16)17/h1-2,5-6,8,12H,3-4H2,(H,10,13,14)(H2,15,16,17)/t5-,6-,8+/m1/s1. The Bertz CT molecular complexity index is 633. The van der Waals surface area contributed by atoms with Crippen LogP contribution in [-0.4, -0.2) is 43.3 Å². The van der Waals surface area contributed by atoms with Crippen LogP contribution in [0.5, 0.6) is 0 Å². The quantitative estimate of drug-likeness (QED) is 0.480. The van der Waals surface area contributed by atoms with Crippen LogP contribution in [0.2, 0.25) is 0 Å². The maximum Gasteiger partial charge on any atom is 0.469 e. The molecule has 1 aliphatic rings. The van der Waals surface area contributed by atoms with E-state index in [1.54, 1.807) is 0 Å². The average Bonchev–Trinajstić information content (AvgIpc) is 2.67. The van der Waals surface area contributed by atoms with Gasteiger partial charge in [0.2, 0.25) is 0 Å². The molecule has 0 aliphatic carbocycles. The SMILES string of the molecule is O=c1ccn([C@@H]2C[C@@H](O)[C@@H](COP(=O)(O)O)O2)c(=O)[nH]1. The van der Waals surface area contributed by atoms with Gasteiger partial charge in [-0.15, -0.1) is 0 Å². The zero-order chi connectivity index (χ0) is 14.9. The topological polar surface area (TPSA) is 151 Å². The molecule has 0 amide bonds. The van der Waals surface area contributed by atoms with Gasteiger partial charge in [-0.05, 0) is 0 Å². The van der Waals surface area contributed by atoms with Crippen LogP contribution in [0.25, 0.3) is 0 Å². The van der Waals surface area contributed by atoms with Gasteiger partial charge in [0, 0.05) is 18.7 Å². The number of hydrogen-bond acceptors (Lipinski definition) is 6. The van der Waals surface area contributed by atoms with E-state index in [4.69, 9.17) is 14.5 Å². The van der Waals surface area contributed by atoms with Gasteiger partial charge in [-0.25, -0.2) is 9.36 Å². The third-order valence-corrected chi connectivity index (χ3v) is 3.26. The summed E-state index contributed by atoms with van der Waals surface area (Å²) in [7, 11) is -4.66. The third kappa shape index (κ3) is 3.63. The van der Waals surface area contributed by atoms with Gasteiger partial charge in [0.1, 0.15) is 12.3 Å². The van der Waals surface area contributed by atoms with Crippen molar-refractivity contribution in [1.82, 2.24) is 9.55 Å². The summed E-state index contributed by atoms with van der Waals surface area (Å²) in [5.74, 6) is 0. The molecule has 3 atom stereocenters. The number of nitrogens with zero attached hydrogens (tertiary/aromatic N) is 1. The lowest BCUT2D eigenvalue weighted by Gasteiger charge is -2.16. The van der Waals surface area contributed by atoms with Crippen molar-refractivity contribution < 1.29 is 28.7 Å². The molecule has 1 aliphatic heterocycles. The van der Waals surface area contributed by atoms with Crippen LogP contribution >= 0.6 is 7.82 Å². The molecule has 0 unspecified atom stereocenters. The Labute approximate surface area is 111 Å². The maximum absolute atomic E-state index is 11.5. The highest BCUT2D eigenvalue weighted by molar-refractivity contribution is 7.46. The summed E-state index contributed by atoms with van der Waals surface area (Å²) in [5, 5.41) is 9.72. The molecule has 11 heteroatoms. The first kappa shape index (κ1) is 15.1. The van der Waals surface area contributed by atoms with Crippen molar-refractivity contribution in [2.45, 2.75) is 24.9 Å². The summed E-state index contributed by atoms with van der Waals surface area (Å²) in [6, 6.07) is 1.12. The summed E-state index contributed by atoms with van der Waals surface area (Å²) in [5.41, 5.74) is -1.27. The van der Waals surface area contributed by atoms with E-state index in [9.17, 15) is 19.3 Å². The Morgan fingerprint density at radius 3 is 2.80 bits per heavy atom. The lowest BCUT2D eigenvalue weighted by atomic mass is 10.2. The minimum atomic E-state index is -4.66. The van der Waals surface area contributed by atoms with Crippen molar-refractivity contribution in [3.63, 3.8) is 0 Å². The van der Waals surface area contributed by atoms with Crippen molar-refractivity contribution in [2.75, 3.05) is 6.61 Å². The van der Waals surface area contributed by atoms with Crippen molar-refractivity contribution in [3.8, 4) is 0 Å². The minimum absolute atomic E-state index is 0.0289. The Morgan fingerprint density at radius 1 is 1.50 bits per heavy atom. The van der Waals surface area contributed by atoms with Crippen molar-refractivity contribution in [2.24, 2.45) is 0 Å². The number of phosphoric ester groups is 1. The molecule has 1 fully saturated rings. The van der Waals surface area contributed by atoms with Crippen LogP contribution in [0.15, 0.2) is 21.9 Å². The third-order valence-electron chi connectivity index (χ3n) is 2.77. The van der Waals surface area contributed by atoms with Gasteiger partial charge in [-0.3, -0.25) is 18.9 Å². The van der Waals surface area contributed by atoms with Gasteiger partial charge < -0.3 is 19.6 Å². The van der Waals surface area contributed by atoms with Gasteiger partial charge in [-0.1, -0.05) is 0 Å². The molecule has 20 heavy (non-hydrogen) atoms. The average molecular weight is 308 g/mol. The number of phosphoric acid groups is 1. The van der Waals surface area contributed by atoms with E-state index >= 15 is 0 Å². The zero-order valence-corrected chi connectivity index (χ0v) is 11.0. The highest BCUT2D eigenvalue weighted by Gasteiger charge is 2.36. The largest absolute Gasteiger partial charge is 0.469 e. The number of rotatable bonds is 4. The molecule has 2 rings (SSSR count). The molecule has 4 N–H and O–H groups in total. The molecule has 0 spiro atoms. The highest BCUT2D eigenvalue weighted by atomic mass is 31.2. The molecular formula is C9H13N2O8P.